The van der Waals surface area contributed by atoms with Crippen molar-refractivity contribution >= 4 is 26.7 Å². The van der Waals surface area contributed by atoms with E-state index in [4.69, 9.17) is 0 Å². The molecule has 0 aliphatic rings. The maximum Gasteiger partial charge on any atom is 0.223 e. The van der Waals surface area contributed by atoms with Crippen LogP contribution in [0.2, 0.25) is 0 Å². The molecule has 1 aromatic heterocycles. The van der Waals surface area contributed by atoms with Crippen molar-refractivity contribution < 1.29 is 8.42 Å². The van der Waals surface area contributed by atoms with Crippen LogP contribution >= 0.6 is 0 Å². The van der Waals surface area contributed by atoms with Gasteiger partial charge in [-0.05, 0) is 34.7 Å². The van der Waals surface area contributed by atoms with Gasteiger partial charge in [0.15, 0.2) is 9.84 Å². The maximum atomic E-state index is 12.0. The number of hydrogen-bond donors (Lipinski definition) is 1. The van der Waals surface area contributed by atoms with Crippen LogP contribution in [0.25, 0.3) is 10.9 Å². The summed E-state index contributed by atoms with van der Waals surface area (Å²) in [6, 6.07) is 13.5. The zero-order valence-electron chi connectivity index (χ0n) is 16.2. The second-order valence-electron chi connectivity index (χ2n) is 7.62. The van der Waals surface area contributed by atoms with E-state index in [-0.39, 0.29) is 11.2 Å². The Morgan fingerprint density at radius 3 is 2.37 bits per heavy atom. The standard InChI is InChI=1S/C21H25N3O2S/c1-5-27(25,26)18-10-11-19-16(12-18)14-23-20(24-19)22-13-15-6-8-17(9-7-15)21(2,3)4/h6-12,14H,5,13H2,1-4H3,(H,22,23,24). The van der Waals surface area contributed by atoms with E-state index in [1.54, 1.807) is 31.3 Å². The van der Waals surface area contributed by atoms with Crippen molar-refractivity contribution in [2.45, 2.75) is 44.6 Å². The van der Waals surface area contributed by atoms with Gasteiger partial charge in [-0.25, -0.2) is 18.4 Å². The summed E-state index contributed by atoms with van der Waals surface area (Å²) in [4.78, 5) is 9.10. The summed E-state index contributed by atoms with van der Waals surface area (Å²) in [7, 11) is -3.23. The molecule has 0 fully saturated rings. The number of sulfone groups is 1. The highest BCUT2D eigenvalue weighted by atomic mass is 32.2. The van der Waals surface area contributed by atoms with Crippen molar-refractivity contribution in [2.75, 3.05) is 11.1 Å². The van der Waals surface area contributed by atoms with E-state index in [1.807, 2.05) is 0 Å². The lowest BCUT2D eigenvalue weighted by Gasteiger charge is -2.19. The Morgan fingerprint density at radius 1 is 1.04 bits per heavy atom. The summed E-state index contributed by atoms with van der Waals surface area (Å²) in [5.41, 5.74) is 3.30. The molecule has 0 aliphatic heterocycles. The molecule has 0 saturated heterocycles. The second kappa shape index (κ2) is 7.27. The first-order chi connectivity index (χ1) is 12.7. The minimum absolute atomic E-state index is 0.0764. The molecule has 1 heterocycles. The molecular formula is C21H25N3O2S. The predicted octanol–water partition coefficient (Wildman–Crippen LogP) is 4.33. The smallest absolute Gasteiger partial charge is 0.223 e. The maximum absolute atomic E-state index is 12.0. The third-order valence-electron chi connectivity index (χ3n) is 4.56. The molecule has 5 nitrogen and oxygen atoms in total. The van der Waals surface area contributed by atoms with E-state index in [0.717, 1.165) is 5.56 Å². The van der Waals surface area contributed by atoms with E-state index in [2.05, 4.69) is 60.3 Å². The lowest BCUT2D eigenvalue weighted by Crippen LogP contribution is -2.11. The summed E-state index contributed by atoms with van der Waals surface area (Å²) in [6.45, 7) is 8.84. The molecule has 0 bridgehead atoms. The molecule has 3 rings (SSSR count). The molecule has 3 aromatic rings. The topological polar surface area (TPSA) is 72.0 Å². The highest BCUT2D eigenvalue weighted by Gasteiger charge is 2.14. The molecule has 0 unspecified atom stereocenters. The molecule has 6 heteroatoms. The highest BCUT2D eigenvalue weighted by molar-refractivity contribution is 7.91. The van der Waals surface area contributed by atoms with Gasteiger partial charge >= 0.3 is 0 Å². The van der Waals surface area contributed by atoms with Crippen molar-refractivity contribution in [3.63, 3.8) is 0 Å². The van der Waals surface area contributed by atoms with Crippen LogP contribution < -0.4 is 5.32 Å². The Bertz CT molecular complexity index is 1050. The Labute approximate surface area is 160 Å². The minimum Gasteiger partial charge on any atom is -0.350 e. The Hall–Kier alpha value is -2.47. The zero-order chi connectivity index (χ0) is 19.7. The van der Waals surface area contributed by atoms with Crippen molar-refractivity contribution in [1.82, 2.24) is 9.97 Å². The second-order valence-corrected chi connectivity index (χ2v) is 9.90. The van der Waals surface area contributed by atoms with Gasteiger partial charge < -0.3 is 5.32 Å². The van der Waals surface area contributed by atoms with Gasteiger partial charge in [0.05, 0.1) is 16.2 Å². The van der Waals surface area contributed by atoms with Gasteiger partial charge in [-0.3, -0.25) is 0 Å². The fourth-order valence-corrected chi connectivity index (χ4v) is 3.68. The molecule has 0 saturated carbocycles. The van der Waals surface area contributed by atoms with Crippen molar-refractivity contribution in [2.24, 2.45) is 0 Å². The van der Waals surface area contributed by atoms with E-state index >= 15 is 0 Å². The number of nitrogens with one attached hydrogen (secondary N) is 1. The van der Waals surface area contributed by atoms with E-state index < -0.39 is 9.84 Å². The van der Waals surface area contributed by atoms with Crippen LogP contribution in [0.5, 0.6) is 0 Å². The summed E-state index contributed by atoms with van der Waals surface area (Å²) >= 11 is 0. The third kappa shape index (κ3) is 4.45. The lowest BCUT2D eigenvalue weighted by atomic mass is 9.87. The average Bonchev–Trinajstić information content (AvgIpc) is 2.65. The van der Waals surface area contributed by atoms with Crippen LogP contribution in [0.3, 0.4) is 0 Å². The number of nitrogens with zero attached hydrogens (tertiary/aromatic N) is 2. The molecule has 2 aromatic carbocycles. The highest BCUT2D eigenvalue weighted by Crippen LogP contribution is 2.23. The number of fused-ring (bicyclic) bond motifs is 1. The molecule has 27 heavy (non-hydrogen) atoms. The number of anilines is 1. The quantitative estimate of drug-likeness (QED) is 0.710. The number of aromatic nitrogens is 2. The molecule has 0 atom stereocenters. The Kier molecular flexibility index (Phi) is 5.20. The van der Waals surface area contributed by atoms with Gasteiger partial charge in [0.25, 0.3) is 0 Å². The van der Waals surface area contributed by atoms with Crippen LogP contribution in [0, 0.1) is 0 Å². The van der Waals surface area contributed by atoms with Crippen LogP contribution in [0.1, 0.15) is 38.8 Å². The minimum atomic E-state index is -3.23. The van der Waals surface area contributed by atoms with Crippen molar-refractivity contribution in [3.8, 4) is 0 Å². The van der Waals surface area contributed by atoms with Crippen LogP contribution in [-0.2, 0) is 21.8 Å². The molecule has 0 spiro atoms. The Morgan fingerprint density at radius 2 is 1.74 bits per heavy atom. The SMILES string of the molecule is CCS(=O)(=O)c1ccc2nc(NCc3ccc(C(C)(C)C)cc3)ncc2c1. The van der Waals surface area contributed by atoms with E-state index in [9.17, 15) is 8.42 Å². The summed E-state index contributed by atoms with van der Waals surface area (Å²) in [6.07, 6.45) is 1.65. The van der Waals surface area contributed by atoms with Gasteiger partial charge in [-0.2, -0.15) is 0 Å². The number of benzene rings is 2. The third-order valence-corrected chi connectivity index (χ3v) is 6.29. The molecule has 0 radical (unpaired) electrons. The normalized spacial score (nSPS) is 12.3. The van der Waals surface area contributed by atoms with Crippen molar-refractivity contribution in [3.05, 3.63) is 59.8 Å². The first-order valence-electron chi connectivity index (χ1n) is 9.02. The lowest BCUT2D eigenvalue weighted by molar-refractivity contribution is 0.590. The first kappa shape index (κ1) is 19.3. The molecule has 0 amide bonds. The monoisotopic (exact) mass is 383 g/mol. The summed E-state index contributed by atoms with van der Waals surface area (Å²) in [5, 5.41) is 3.94. The zero-order valence-corrected chi connectivity index (χ0v) is 17.0. The van der Waals surface area contributed by atoms with Crippen LogP contribution in [0.15, 0.2) is 53.6 Å². The average molecular weight is 384 g/mol. The van der Waals surface area contributed by atoms with Gasteiger partial charge in [0.1, 0.15) is 0 Å². The first-order valence-corrected chi connectivity index (χ1v) is 10.7. The fraction of sp³-hybridized carbons (Fsp3) is 0.333. The number of rotatable bonds is 5. The van der Waals surface area contributed by atoms with Crippen molar-refractivity contribution in [1.29, 1.82) is 0 Å². The van der Waals surface area contributed by atoms with Gasteiger partial charge in [0, 0.05) is 18.1 Å². The summed E-state index contributed by atoms with van der Waals surface area (Å²) in [5.74, 6) is 0.598. The summed E-state index contributed by atoms with van der Waals surface area (Å²) < 4.78 is 24.0. The molecule has 1 N–H and O–H groups in total. The van der Waals surface area contributed by atoms with E-state index in [0.29, 0.717) is 28.3 Å². The van der Waals surface area contributed by atoms with E-state index in [1.165, 1.54) is 5.56 Å². The van der Waals surface area contributed by atoms with Gasteiger partial charge in [-0.15, -0.1) is 0 Å². The largest absolute Gasteiger partial charge is 0.350 e. The Balaban J connectivity index is 1.75. The molecule has 0 aliphatic carbocycles. The molecule has 142 valence electrons. The fourth-order valence-electron chi connectivity index (χ4n) is 2.76. The van der Waals surface area contributed by atoms with Crippen LogP contribution in [-0.4, -0.2) is 24.1 Å². The van der Waals surface area contributed by atoms with Crippen LogP contribution in [0.4, 0.5) is 5.95 Å². The van der Waals surface area contributed by atoms with Gasteiger partial charge in [0.2, 0.25) is 5.95 Å². The number of hydrogen-bond acceptors (Lipinski definition) is 5. The predicted molar refractivity (Wildman–Crippen MR) is 110 cm³/mol. The molecular weight excluding hydrogens is 358 g/mol. The van der Waals surface area contributed by atoms with Gasteiger partial charge in [-0.1, -0.05) is 52.0 Å².